The van der Waals surface area contributed by atoms with Crippen molar-refractivity contribution < 1.29 is 14.7 Å². The van der Waals surface area contributed by atoms with E-state index in [1.54, 1.807) is 36.4 Å². The molecule has 0 aliphatic rings. The summed E-state index contributed by atoms with van der Waals surface area (Å²) in [7, 11) is 0. The number of aliphatic carboxylic acids is 1. The number of hydrogen-bond acceptors (Lipinski definition) is 6. The third-order valence-corrected chi connectivity index (χ3v) is 4.62. The van der Waals surface area contributed by atoms with E-state index in [1.807, 2.05) is 6.07 Å². The van der Waals surface area contributed by atoms with Gasteiger partial charge >= 0.3 is 5.97 Å². The number of carbonyl (C=O) groups is 2. The summed E-state index contributed by atoms with van der Waals surface area (Å²) in [5.41, 5.74) is 0.419. The molecule has 3 aromatic rings. The number of carboxylic acid groups (broad SMARTS) is 1. The molecule has 0 spiro atoms. The van der Waals surface area contributed by atoms with Crippen molar-refractivity contribution in [2.24, 2.45) is 0 Å². The highest BCUT2D eigenvalue weighted by atomic mass is 32.2. The van der Waals surface area contributed by atoms with Crippen LogP contribution in [0.1, 0.15) is 16.8 Å². The van der Waals surface area contributed by atoms with Gasteiger partial charge in [-0.1, -0.05) is 42.1 Å². The maximum absolute atomic E-state index is 12.5. The highest BCUT2D eigenvalue weighted by molar-refractivity contribution is 7.99. The van der Waals surface area contributed by atoms with E-state index in [1.165, 1.54) is 18.0 Å². The lowest BCUT2D eigenvalue weighted by Crippen LogP contribution is -2.27. The highest BCUT2D eigenvalue weighted by Gasteiger charge is 2.15. The molecule has 0 amide bonds. The number of nitrogens with zero attached hydrogens (tertiary/aromatic N) is 3. The van der Waals surface area contributed by atoms with Crippen LogP contribution in [0.5, 0.6) is 0 Å². The van der Waals surface area contributed by atoms with Crippen molar-refractivity contribution >= 4 is 34.5 Å². The van der Waals surface area contributed by atoms with Crippen LogP contribution in [-0.2, 0) is 11.3 Å². The Balaban J connectivity index is 1.83. The molecular formula is C18H15N3O4S. The van der Waals surface area contributed by atoms with Crippen molar-refractivity contribution in [1.82, 2.24) is 14.5 Å². The number of carboxylic acids is 1. The number of ketones is 1. The summed E-state index contributed by atoms with van der Waals surface area (Å²) in [6.45, 7) is -0.494. The minimum Gasteiger partial charge on any atom is -0.480 e. The SMILES string of the molecule is O=C(O)Cn1c(SCCC(=O)c2ccccc2)nc2ncccc2c1=O. The molecule has 26 heavy (non-hydrogen) atoms. The molecule has 0 atom stereocenters. The normalized spacial score (nSPS) is 10.8. The zero-order chi connectivity index (χ0) is 18.5. The minimum atomic E-state index is -1.14. The Morgan fingerprint density at radius 2 is 1.88 bits per heavy atom. The summed E-state index contributed by atoms with van der Waals surface area (Å²) in [5, 5.41) is 9.59. The average molecular weight is 369 g/mol. The van der Waals surface area contributed by atoms with Gasteiger partial charge in [0.15, 0.2) is 16.6 Å². The quantitative estimate of drug-likeness (QED) is 0.387. The third-order valence-electron chi connectivity index (χ3n) is 3.64. The number of hydrogen-bond donors (Lipinski definition) is 1. The summed E-state index contributed by atoms with van der Waals surface area (Å²) in [6, 6.07) is 12.1. The van der Waals surface area contributed by atoms with Crippen molar-refractivity contribution in [3.63, 3.8) is 0 Å². The Bertz CT molecular complexity index is 1020. The zero-order valence-electron chi connectivity index (χ0n) is 13.7. The van der Waals surface area contributed by atoms with Gasteiger partial charge in [-0.05, 0) is 12.1 Å². The Kier molecular flexibility index (Phi) is 5.43. The van der Waals surface area contributed by atoms with Gasteiger partial charge in [0.1, 0.15) is 6.54 Å². The number of rotatable bonds is 7. The molecule has 2 aromatic heterocycles. The first-order valence-electron chi connectivity index (χ1n) is 7.84. The van der Waals surface area contributed by atoms with Gasteiger partial charge < -0.3 is 5.11 Å². The molecular weight excluding hydrogens is 354 g/mol. The molecule has 0 bridgehead atoms. The lowest BCUT2D eigenvalue weighted by Gasteiger charge is -2.10. The fourth-order valence-electron chi connectivity index (χ4n) is 2.42. The van der Waals surface area contributed by atoms with Gasteiger partial charge in [0.05, 0.1) is 5.39 Å². The van der Waals surface area contributed by atoms with E-state index in [0.29, 0.717) is 11.3 Å². The fourth-order valence-corrected chi connectivity index (χ4v) is 3.35. The van der Waals surface area contributed by atoms with E-state index in [2.05, 4.69) is 9.97 Å². The molecule has 0 saturated heterocycles. The number of pyridine rings is 1. The van der Waals surface area contributed by atoms with Crippen molar-refractivity contribution in [2.75, 3.05) is 5.75 Å². The van der Waals surface area contributed by atoms with Gasteiger partial charge in [-0.2, -0.15) is 0 Å². The van der Waals surface area contributed by atoms with E-state index in [4.69, 9.17) is 5.11 Å². The van der Waals surface area contributed by atoms with Gasteiger partial charge in [-0.25, -0.2) is 9.97 Å². The molecule has 3 rings (SSSR count). The first-order valence-corrected chi connectivity index (χ1v) is 8.83. The van der Waals surface area contributed by atoms with Crippen LogP contribution in [0.3, 0.4) is 0 Å². The van der Waals surface area contributed by atoms with E-state index in [0.717, 1.165) is 4.57 Å². The predicted octanol–water partition coefficient (Wildman–Crippen LogP) is 2.24. The molecule has 2 heterocycles. The molecule has 1 aromatic carbocycles. The fraction of sp³-hybridized carbons (Fsp3) is 0.167. The standard InChI is InChI=1S/C18H15N3O4S/c22-14(12-5-2-1-3-6-12)8-10-26-18-20-16-13(7-4-9-19-16)17(25)21(18)11-15(23)24/h1-7,9H,8,10-11H2,(H,23,24). The van der Waals surface area contributed by atoms with Gasteiger partial charge in [0, 0.05) is 23.9 Å². The van der Waals surface area contributed by atoms with E-state index >= 15 is 0 Å². The predicted molar refractivity (Wildman–Crippen MR) is 97.5 cm³/mol. The molecule has 0 fully saturated rings. The van der Waals surface area contributed by atoms with E-state index < -0.39 is 18.1 Å². The molecule has 1 N–H and O–H groups in total. The summed E-state index contributed by atoms with van der Waals surface area (Å²) < 4.78 is 1.10. The summed E-state index contributed by atoms with van der Waals surface area (Å²) in [4.78, 5) is 44.2. The Hall–Kier alpha value is -3.00. The second kappa shape index (κ2) is 7.92. The minimum absolute atomic E-state index is 0.0239. The lowest BCUT2D eigenvalue weighted by molar-refractivity contribution is -0.137. The van der Waals surface area contributed by atoms with Crippen molar-refractivity contribution in [3.05, 3.63) is 64.6 Å². The van der Waals surface area contributed by atoms with Crippen molar-refractivity contribution in [2.45, 2.75) is 18.1 Å². The first-order chi connectivity index (χ1) is 12.6. The molecule has 7 nitrogen and oxygen atoms in total. The maximum atomic E-state index is 12.5. The zero-order valence-corrected chi connectivity index (χ0v) is 14.5. The van der Waals surface area contributed by atoms with Gasteiger partial charge in [0.2, 0.25) is 0 Å². The lowest BCUT2D eigenvalue weighted by atomic mass is 10.1. The average Bonchev–Trinajstić information content (AvgIpc) is 2.65. The topological polar surface area (TPSA) is 102 Å². The molecule has 0 aliphatic heterocycles. The number of carbonyl (C=O) groups excluding carboxylic acids is 1. The maximum Gasteiger partial charge on any atom is 0.323 e. The van der Waals surface area contributed by atoms with Crippen molar-refractivity contribution in [3.8, 4) is 0 Å². The molecule has 0 saturated carbocycles. The largest absolute Gasteiger partial charge is 0.480 e. The number of Topliss-reactive ketones (excluding diaryl/α,β-unsaturated/α-hetero) is 1. The molecule has 8 heteroatoms. The molecule has 0 unspecified atom stereocenters. The van der Waals surface area contributed by atoms with Crippen LogP contribution in [0, 0.1) is 0 Å². The van der Waals surface area contributed by atoms with Crippen LogP contribution < -0.4 is 5.56 Å². The van der Waals surface area contributed by atoms with Gasteiger partial charge in [0.25, 0.3) is 5.56 Å². The Morgan fingerprint density at radius 3 is 2.62 bits per heavy atom. The number of aromatic nitrogens is 3. The molecule has 132 valence electrons. The number of benzene rings is 1. The number of fused-ring (bicyclic) bond motifs is 1. The second-order valence-electron chi connectivity index (χ2n) is 5.44. The molecule has 0 aliphatic carbocycles. The smallest absolute Gasteiger partial charge is 0.323 e. The second-order valence-corrected chi connectivity index (χ2v) is 6.50. The Morgan fingerprint density at radius 1 is 1.12 bits per heavy atom. The van der Waals surface area contributed by atoms with Gasteiger partial charge in [-0.3, -0.25) is 19.0 Å². The Labute approximate surface area is 152 Å². The first kappa shape index (κ1) is 17.8. The van der Waals surface area contributed by atoms with Crippen LogP contribution in [-0.4, -0.2) is 37.1 Å². The monoisotopic (exact) mass is 369 g/mol. The van der Waals surface area contributed by atoms with Crippen LogP contribution in [0.4, 0.5) is 0 Å². The summed E-state index contributed by atoms with van der Waals surface area (Å²) in [5.74, 6) is -0.790. The van der Waals surface area contributed by atoms with Crippen LogP contribution in [0.2, 0.25) is 0 Å². The van der Waals surface area contributed by atoms with Crippen LogP contribution in [0.25, 0.3) is 11.0 Å². The van der Waals surface area contributed by atoms with E-state index in [9.17, 15) is 14.4 Å². The van der Waals surface area contributed by atoms with Crippen molar-refractivity contribution in [1.29, 1.82) is 0 Å². The van der Waals surface area contributed by atoms with E-state index in [-0.39, 0.29) is 28.4 Å². The highest BCUT2D eigenvalue weighted by Crippen LogP contribution is 2.18. The van der Waals surface area contributed by atoms with Crippen LogP contribution in [0.15, 0.2) is 58.6 Å². The molecule has 0 radical (unpaired) electrons. The third kappa shape index (κ3) is 3.97. The number of thioether (sulfide) groups is 1. The van der Waals surface area contributed by atoms with Gasteiger partial charge in [-0.15, -0.1) is 0 Å². The summed E-state index contributed by atoms with van der Waals surface area (Å²) in [6.07, 6.45) is 1.77. The summed E-state index contributed by atoms with van der Waals surface area (Å²) >= 11 is 1.17. The van der Waals surface area contributed by atoms with Crippen LogP contribution >= 0.6 is 11.8 Å².